The lowest BCUT2D eigenvalue weighted by Gasteiger charge is -2.19. The Hall–Kier alpha value is -0.900. The van der Waals surface area contributed by atoms with Crippen LogP contribution in [0.4, 0.5) is 13.2 Å². The standard InChI is InChI=1S/C9H12F3NO2S/c1-3-15-7(14)8(2,6-13)4-5-16-9(10,11)12/h3-5H2,1-2H3. The van der Waals surface area contributed by atoms with E-state index in [1.54, 1.807) is 13.0 Å². The maximum Gasteiger partial charge on any atom is 0.441 e. The van der Waals surface area contributed by atoms with Crippen LogP contribution in [-0.2, 0) is 9.53 Å². The number of rotatable bonds is 5. The van der Waals surface area contributed by atoms with Crippen molar-refractivity contribution >= 4 is 17.7 Å². The first-order valence-corrected chi connectivity index (χ1v) is 5.53. The largest absolute Gasteiger partial charge is 0.465 e. The Kier molecular flexibility index (Phi) is 5.65. The first kappa shape index (κ1) is 15.1. The summed E-state index contributed by atoms with van der Waals surface area (Å²) in [6.07, 6.45) is -0.188. The molecule has 0 N–H and O–H groups in total. The maximum absolute atomic E-state index is 11.8. The normalized spacial score (nSPS) is 15.0. The topological polar surface area (TPSA) is 50.1 Å². The van der Waals surface area contributed by atoms with Gasteiger partial charge in [-0.25, -0.2) is 0 Å². The van der Waals surface area contributed by atoms with E-state index in [1.165, 1.54) is 6.92 Å². The smallest absolute Gasteiger partial charge is 0.441 e. The van der Waals surface area contributed by atoms with Crippen molar-refractivity contribution in [2.75, 3.05) is 12.4 Å². The SMILES string of the molecule is CCOC(=O)C(C)(C#N)CCSC(F)(F)F. The van der Waals surface area contributed by atoms with Crippen LogP contribution in [0.3, 0.4) is 0 Å². The summed E-state index contributed by atoms with van der Waals surface area (Å²) in [5, 5.41) is 8.77. The van der Waals surface area contributed by atoms with Gasteiger partial charge in [-0.2, -0.15) is 18.4 Å². The van der Waals surface area contributed by atoms with Gasteiger partial charge in [0.2, 0.25) is 0 Å². The summed E-state index contributed by atoms with van der Waals surface area (Å²) >= 11 is -0.248. The molecule has 3 nitrogen and oxygen atoms in total. The number of nitrogens with zero attached hydrogens (tertiary/aromatic N) is 1. The molecule has 0 aromatic carbocycles. The minimum absolute atomic E-state index is 0.0997. The number of carbonyl (C=O) groups is 1. The van der Waals surface area contributed by atoms with Crippen LogP contribution in [0, 0.1) is 16.7 Å². The zero-order chi connectivity index (χ0) is 12.8. The summed E-state index contributed by atoms with van der Waals surface area (Å²) < 4.78 is 40.2. The number of ether oxygens (including phenoxy) is 1. The number of alkyl halides is 3. The van der Waals surface area contributed by atoms with Crippen LogP contribution < -0.4 is 0 Å². The number of hydrogen-bond donors (Lipinski definition) is 0. The summed E-state index contributed by atoms with van der Waals surface area (Å²) in [6, 6.07) is 1.69. The third-order valence-corrected chi connectivity index (χ3v) is 2.58. The lowest BCUT2D eigenvalue weighted by Crippen LogP contribution is -2.29. The van der Waals surface area contributed by atoms with Crippen LogP contribution in [0.5, 0.6) is 0 Å². The van der Waals surface area contributed by atoms with Crippen molar-refractivity contribution in [3.63, 3.8) is 0 Å². The first-order chi connectivity index (χ1) is 7.25. The summed E-state index contributed by atoms with van der Waals surface area (Å²) in [7, 11) is 0. The van der Waals surface area contributed by atoms with Crippen molar-refractivity contribution in [1.29, 1.82) is 5.26 Å². The number of halogens is 3. The van der Waals surface area contributed by atoms with Gasteiger partial charge in [-0.3, -0.25) is 4.79 Å². The molecule has 0 spiro atoms. The fourth-order valence-corrected chi connectivity index (χ4v) is 1.61. The van der Waals surface area contributed by atoms with Crippen molar-refractivity contribution in [3.8, 4) is 6.07 Å². The molecule has 0 aliphatic carbocycles. The van der Waals surface area contributed by atoms with E-state index in [2.05, 4.69) is 4.74 Å². The van der Waals surface area contributed by atoms with Crippen LogP contribution >= 0.6 is 11.8 Å². The van der Waals surface area contributed by atoms with Crippen LogP contribution in [-0.4, -0.2) is 23.8 Å². The van der Waals surface area contributed by atoms with E-state index >= 15 is 0 Å². The summed E-state index contributed by atoms with van der Waals surface area (Å²) in [4.78, 5) is 11.3. The summed E-state index contributed by atoms with van der Waals surface area (Å²) in [5.41, 5.74) is -5.85. The Morgan fingerprint density at radius 2 is 2.06 bits per heavy atom. The fraction of sp³-hybridized carbons (Fsp3) is 0.778. The fourth-order valence-electron chi connectivity index (χ4n) is 0.865. The molecule has 0 aromatic heterocycles. The first-order valence-electron chi connectivity index (χ1n) is 4.54. The number of carbonyl (C=O) groups excluding carboxylic acids is 1. The van der Waals surface area contributed by atoms with E-state index in [1.807, 2.05) is 0 Å². The molecule has 0 radical (unpaired) electrons. The lowest BCUT2D eigenvalue weighted by atomic mass is 9.90. The summed E-state index contributed by atoms with van der Waals surface area (Å²) in [6.45, 7) is 2.95. The Bertz CT molecular complexity index is 287. The highest BCUT2D eigenvalue weighted by molar-refractivity contribution is 8.00. The number of nitriles is 1. The quantitative estimate of drug-likeness (QED) is 0.709. The second-order valence-corrected chi connectivity index (χ2v) is 4.37. The minimum atomic E-state index is -4.34. The van der Waals surface area contributed by atoms with Crippen LogP contribution in [0.2, 0.25) is 0 Å². The second-order valence-electron chi connectivity index (χ2n) is 3.21. The van der Waals surface area contributed by atoms with E-state index in [4.69, 9.17) is 5.26 Å². The van der Waals surface area contributed by atoms with Gasteiger partial charge in [-0.05, 0) is 20.3 Å². The molecular weight excluding hydrogens is 243 g/mol. The minimum Gasteiger partial charge on any atom is -0.465 e. The lowest BCUT2D eigenvalue weighted by molar-refractivity contribution is -0.151. The Morgan fingerprint density at radius 1 is 1.50 bits per heavy atom. The Labute approximate surface area is 95.9 Å². The molecule has 0 heterocycles. The number of thioether (sulfide) groups is 1. The molecule has 0 amide bonds. The molecule has 0 aromatic rings. The predicted octanol–water partition coefficient (Wildman–Crippen LogP) is 2.72. The van der Waals surface area contributed by atoms with Crippen LogP contribution in [0.1, 0.15) is 20.3 Å². The van der Waals surface area contributed by atoms with Gasteiger partial charge in [0.1, 0.15) is 0 Å². The molecule has 0 saturated heterocycles. The van der Waals surface area contributed by atoms with Gasteiger partial charge in [0.05, 0.1) is 12.7 Å². The number of esters is 1. The van der Waals surface area contributed by atoms with Crippen LogP contribution in [0.25, 0.3) is 0 Å². The zero-order valence-corrected chi connectivity index (χ0v) is 9.74. The van der Waals surface area contributed by atoms with E-state index in [-0.39, 0.29) is 30.5 Å². The molecule has 0 aliphatic rings. The predicted molar refractivity (Wildman–Crippen MR) is 53.5 cm³/mol. The molecule has 0 bridgehead atoms. The second kappa shape index (κ2) is 5.99. The average Bonchev–Trinajstić information content (AvgIpc) is 2.15. The van der Waals surface area contributed by atoms with Crippen molar-refractivity contribution in [2.45, 2.75) is 25.8 Å². The third kappa shape index (κ3) is 5.26. The molecule has 92 valence electrons. The molecule has 16 heavy (non-hydrogen) atoms. The highest BCUT2D eigenvalue weighted by atomic mass is 32.2. The van der Waals surface area contributed by atoms with Crippen molar-refractivity contribution < 1.29 is 22.7 Å². The molecular formula is C9H12F3NO2S. The molecule has 7 heteroatoms. The molecule has 0 saturated carbocycles. The summed E-state index contributed by atoms with van der Waals surface area (Å²) in [5.74, 6) is -1.12. The van der Waals surface area contributed by atoms with Gasteiger partial charge in [-0.1, -0.05) is 11.8 Å². The van der Waals surface area contributed by atoms with Gasteiger partial charge in [0, 0.05) is 5.75 Å². The van der Waals surface area contributed by atoms with Gasteiger partial charge < -0.3 is 4.74 Å². The number of hydrogen-bond acceptors (Lipinski definition) is 4. The molecule has 1 atom stereocenters. The van der Waals surface area contributed by atoms with E-state index in [0.29, 0.717) is 0 Å². The maximum atomic E-state index is 11.8. The highest BCUT2D eigenvalue weighted by Crippen LogP contribution is 2.33. The molecule has 1 unspecified atom stereocenters. The van der Waals surface area contributed by atoms with Crippen LogP contribution in [0.15, 0.2) is 0 Å². The Balaban J connectivity index is 4.29. The van der Waals surface area contributed by atoms with Gasteiger partial charge >= 0.3 is 11.5 Å². The Morgan fingerprint density at radius 3 is 2.44 bits per heavy atom. The van der Waals surface area contributed by atoms with Crippen molar-refractivity contribution in [1.82, 2.24) is 0 Å². The van der Waals surface area contributed by atoms with E-state index < -0.39 is 16.9 Å². The van der Waals surface area contributed by atoms with Crippen molar-refractivity contribution in [3.05, 3.63) is 0 Å². The monoisotopic (exact) mass is 255 g/mol. The van der Waals surface area contributed by atoms with Gasteiger partial charge in [-0.15, -0.1) is 0 Å². The van der Waals surface area contributed by atoms with Gasteiger partial charge in [0.25, 0.3) is 0 Å². The van der Waals surface area contributed by atoms with Gasteiger partial charge in [0.15, 0.2) is 5.41 Å². The average molecular weight is 255 g/mol. The van der Waals surface area contributed by atoms with Crippen molar-refractivity contribution in [2.24, 2.45) is 5.41 Å². The van der Waals surface area contributed by atoms with E-state index in [9.17, 15) is 18.0 Å². The zero-order valence-electron chi connectivity index (χ0n) is 8.93. The third-order valence-electron chi connectivity index (χ3n) is 1.84. The molecule has 0 rings (SSSR count). The highest BCUT2D eigenvalue weighted by Gasteiger charge is 2.37. The molecule has 0 aliphatic heterocycles. The molecule has 0 fully saturated rings. The van der Waals surface area contributed by atoms with E-state index in [0.717, 1.165) is 0 Å².